The maximum atomic E-state index is 12.4. The Morgan fingerprint density at radius 2 is 1.70 bits per heavy atom. The van der Waals surface area contributed by atoms with E-state index in [-0.39, 0.29) is 35.3 Å². The van der Waals surface area contributed by atoms with Crippen LogP contribution in [0.15, 0.2) is 29.2 Å². The maximum absolute atomic E-state index is 12.4. The summed E-state index contributed by atoms with van der Waals surface area (Å²) in [7, 11) is -3.54. The molecule has 1 saturated carbocycles. The Balaban J connectivity index is 1.46. The molecule has 166 valence electrons. The molecule has 8 nitrogen and oxygen atoms in total. The van der Waals surface area contributed by atoms with Crippen molar-refractivity contribution in [3.8, 4) is 5.75 Å². The normalized spacial score (nSPS) is 18.4. The van der Waals surface area contributed by atoms with Crippen molar-refractivity contribution >= 4 is 21.9 Å². The van der Waals surface area contributed by atoms with Crippen LogP contribution in [0.3, 0.4) is 0 Å². The van der Waals surface area contributed by atoms with Gasteiger partial charge in [-0.25, -0.2) is 13.1 Å². The van der Waals surface area contributed by atoms with Crippen molar-refractivity contribution < 1.29 is 27.5 Å². The van der Waals surface area contributed by atoms with E-state index in [2.05, 4.69) is 4.72 Å². The SMILES string of the molecule is CCOC(=O)C1CCN(C(=O)COc2ccc(S(=O)(=O)NC3CCCC3)cc2)CC1. The minimum absolute atomic E-state index is 0.0107. The molecule has 1 N–H and O–H groups in total. The number of sulfonamides is 1. The van der Waals surface area contributed by atoms with Crippen LogP contribution in [0, 0.1) is 5.92 Å². The summed E-state index contributed by atoms with van der Waals surface area (Å²) in [6.07, 6.45) is 5.03. The van der Waals surface area contributed by atoms with Crippen molar-refractivity contribution in [2.24, 2.45) is 5.92 Å². The molecule has 0 spiro atoms. The zero-order valence-electron chi connectivity index (χ0n) is 17.3. The van der Waals surface area contributed by atoms with Gasteiger partial charge in [-0.3, -0.25) is 9.59 Å². The first-order valence-corrected chi connectivity index (χ1v) is 12.1. The number of carbonyl (C=O) groups is 2. The van der Waals surface area contributed by atoms with Crippen LogP contribution < -0.4 is 9.46 Å². The Labute approximate surface area is 178 Å². The number of nitrogens with one attached hydrogen (secondary N) is 1. The molecule has 0 unspecified atom stereocenters. The summed E-state index contributed by atoms with van der Waals surface area (Å²) >= 11 is 0. The second-order valence-corrected chi connectivity index (χ2v) is 9.48. The van der Waals surface area contributed by atoms with Gasteiger partial charge in [0.15, 0.2) is 6.61 Å². The summed E-state index contributed by atoms with van der Waals surface area (Å²) in [5.74, 6) is -0.0675. The molecule has 1 aliphatic heterocycles. The zero-order valence-corrected chi connectivity index (χ0v) is 18.2. The molecular formula is C21H30N2O6S. The molecule has 1 saturated heterocycles. The van der Waals surface area contributed by atoms with Crippen molar-refractivity contribution in [1.29, 1.82) is 0 Å². The average Bonchev–Trinajstić information content (AvgIpc) is 3.25. The largest absolute Gasteiger partial charge is 0.484 e. The first-order valence-electron chi connectivity index (χ1n) is 10.6. The molecule has 1 amide bonds. The minimum atomic E-state index is -3.54. The van der Waals surface area contributed by atoms with E-state index in [1.807, 2.05) is 0 Å². The van der Waals surface area contributed by atoms with Crippen LogP contribution in [0.1, 0.15) is 45.4 Å². The minimum Gasteiger partial charge on any atom is -0.484 e. The van der Waals surface area contributed by atoms with Gasteiger partial charge in [0.1, 0.15) is 5.75 Å². The van der Waals surface area contributed by atoms with E-state index in [1.165, 1.54) is 12.1 Å². The van der Waals surface area contributed by atoms with Crippen LogP contribution in [0.5, 0.6) is 5.75 Å². The van der Waals surface area contributed by atoms with E-state index in [0.29, 0.717) is 38.3 Å². The predicted molar refractivity (Wildman–Crippen MR) is 110 cm³/mol. The van der Waals surface area contributed by atoms with Crippen LogP contribution in [0.2, 0.25) is 0 Å². The van der Waals surface area contributed by atoms with Crippen molar-refractivity contribution in [1.82, 2.24) is 9.62 Å². The number of rotatable bonds is 8. The number of piperidine rings is 1. The van der Waals surface area contributed by atoms with Gasteiger partial charge >= 0.3 is 5.97 Å². The number of likely N-dealkylation sites (tertiary alicyclic amines) is 1. The smallest absolute Gasteiger partial charge is 0.309 e. The van der Waals surface area contributed by atoms with Gasteiger partial charge in [0.25, 0.3) is 5.91 Å². The lowest BCUT2D eigenvalue weighted by molar-refractivity contribution is -0.151. The van der Waals surface area contributed by atoms with Gasteiger partial charge in [-0.05, 0) is 56.9 Å². The van der Waals surface area contributed by atoms with E-state index in [9.17, 15) is 18.0 Å². The Bertz CT molecular complexity index is 826. The van der Waals surface area contributed by atoms with Gasteiger partial charge in [-0.15, -0.1) is 0 Å². The molecule has 0 bridgehead atoms. The molecule has 1 heterocycles. The van der Waals surface area contributed by atoms with Crippen molar-refractivity contribution in [2.45, 2.75) is 56.4 Å². The fourth-order valence-electron chi connectivity index (χ4n) is 3.91. The Morgan fingerprint density at radius 3 is 2.30 bits per heavy atom. The van der Waals surface area contributed by atoms with Crippen LogP contribution in [-0.2, 0) is 24.3 Å². The molecule has 0 atom stereocenters. The van der Waals surface area contributed by atoms with Gasteiger partial charge in [-0.1, -0.05) is 12.8 Å². The van der Waals surface area contributed by atoms with Crippen molar-refractivity contribution in [2.75, 3.05) is 26.3 Å². The van der Waals surface area contributed by atoms with E-state index >= 15 is 0 Å². The first-order chi connectivity index (χ1) is 14.4. The van der Waals surface area contributed by atoms with Crippen molar-refractivity contribution in [3.63, 3.8) is 0 Å². The van der Waals surface area contributed by atoms with Gasteiger partial charge in [0, 0.05) is 19.1 Å². The molecule has 3 rings (SSSR count). The van der Waals surface area contributed by atoms with Gasteiger partial charge < -0.3 is 14.4 Å². The second-order valence-electron chi connectivity index (χ2n) is 7.77. The average molecular weight is 439 g/mol. The standard InChI is InChI=1S/C21H30N2O6S/c1-2-28-21(25)16-11-13-23(14-12-16)20(24)15-29-18-7-9-19(10-8-18)30(26,27)22-17-5-3-4-6-17/h7-10,16-17,22H,2-6,11-15H2,1H3. The van der Waals surface area contributed by atoms with Crippen molar-refractivity contribution in [3.05, 3.63) is 24.3 Å². The Kier molecular flexibility index (Phi) is 7.71. The number of ether oxygens (including phenoxy) is 2. The lowest BCUT2D eigenvalue weighted by Crippen LogP contribution is -2.42. The molecule has 9 heteroatoms. The van der Waals surface area contributed by atoms with Gasteiger partial charge in [0.2, 0.25) is 10.0 Å². The summed E-state index contributed by atoms with van der Waals surface area (Å²) in [5, 5.41) is 0. The zero-order chi connectivity index (χ0) is 21.6. The van der Waals surface area contributed by atoms with Gasteiger partial charge in [0.05, 0.1) is 17.4 Å². The monoisotopic (exact) mass is 438 g/mol. The number of hydrogen-bond donors (Lipinski definition) is 1. The molecule has 0 aromatic heterocycles. The summed E-state index contributed by atoms with van der Waals surface area (Å²) in [6.45, 7) is 3.01. The second kappa shape index (κ2) is 10.3. The molecule has 1 aromatic rings. The number of amides is 1. The fraction of sp³-hybridized carbons (Fsp3) is 0.619. The summed E-state index contributed by atoms with van der Waals surface area (Å²) < 4.78 is 38.2. The summed E-state index contributed by atoms with van der Waals surface area (Å²) in [5.41, 5.74) is 0. The topological polar surface area (TPSA) is 102 Å². The van der Waals surface area contributed by atoms with Crippen LogP contribution in [0.4, 0.5) is 0 Å². The summed E-state index contributed by atoms with van der Waals surface area (Å²) in [6, 6.07) is 6.10. The first kappa shape index (κ1) is 22.6. The number of benzene rings is 1. The highest BCUT2D eigenvalue weighted by Gasteiger charge is 2.28. The van der Waals surface area contributed by atoms with E-state index in [1.54, 1.807) is 24.0 Å². The Hall–Kier alpha value is -2.13. The number of esters is 1. The lowest BCUT2D eigenvalue weighted by atomic mass is 9.97. The highest BCUT2D eigenvalue weighted by molar-refractivity contribution is 7.89. The highest BCUT2D eigenvalue weighted by Crippen LogP contribution is 2.22. The third-order valence-electron chi connectivity index (χ3n) is 5.64. The quantitative estimate of drug-likeness (QED) is 0.624. The highest BCUT2D eigenvalue weighted by atomic mass is 32.2. The van der Waals surface area contributed by atoms with Gasteiger partial charge in [-0.2, -0.15) is 0 Å². The molecular weight excluding hydrogens is 408 g/mol. The fourth-order valence-corrected chi connectivity index (χ4v) is 5.21. The number of carbonyl (C=O) groups excluding carboxylic acids is 2. The van der Waals surface area contributed by atoms with Crippen LogP contribution in [0.25, 0.3) is 0 Å². The number of nitrogens with zero attached hydrogens (tertiary/aromatic N) is 1. The van der Waals surface area contributed by atoms with E-state index < -0.39 is 10.0 Å². The predicted octanol–water partition coefficient (Wildman–Crippen LogP) is 2.09. The Morgan fingerprint density at radius 1 is 1.07 bits per heavy atom. The molecule has 30 heavy (non-hydrogen) atoms. The molecule has 0 radical (unpaired) electrons. The van der Waals surface area contributed by atoms with E-state index in [0.717, 1.165) is 25.7 Å². The molecule has 1 aliphatic carbocycles. The molecule has 1 aromatic carbocycles. The maximum Gasteiger partial charge on any atom is 0.309 e. The van der Waals surface area contributed by atoms with Crippen LogP contribution >= 0.6 is 0 Å². The number of hydrogen-bond acceptors (Lipinski definition) is 6. The van der Waals surface area contributed by atoms with E-state index in [4.69, 9.17) is 9.47 Å². The molecule has 2 fully saturated rings. The van der Waals surface area contributed by atoms with Crippen LogP contribution in [-0.4, -0.2) is 57.5 Å². The third kappa shape index (κ3) is 5.95. The summed E-state index contributed by atoms with van der Waals surface area (Å²) in [4.78, 5) is 26.0. The third-order valence-corrected chi connectivity index (χ3v) is 7.18. The lowest BCUT2D eigenvalue weighted by Gasteiger charge is -2.30. The molecule has 2 aliphatic rings.